The standard InChI is InChI=1S/C16H23NO2S/c1-18-15-6-2-4-13(14-5-3-9-17-14)16(15)19-12-7-10-20-11-8-12/h2,4,6,12,14,17H,3,5,7-11H2,1H3. The van der Waals surface area contributed by atoms with E-state index in [1.54, 1.807) is 7.11 Å². The van der Waals surface area contributed by atoms with Crippen molar-refractivity contribution < 1.29 is 9.47 Å². The fourth-order valence-corrected chi connectivity index (χ4v) is 4.07. The highest BCUT2D eigenvalue weighted by molar-refractivity contribution is 7.99. The number of hydrogen-bond acceptors (Lipinski definition) is 4. The lowest BCUT2D eigenvalue weighted by Gasteiger charge is -2.26. The summed E-state index contributed by atoms with van der Waals surface area (Å²) in [4.78, 5) is 0. The zero-order chi connectivity index (χ0) is 13.8. The molecule has 4 heteroatoms. The first kappa shape index (κ1) is 14.1. The van der Waals surface area contributed by atoms with Crippen molar-refractivity contribution in [1.82, 2.24) is 5.32 Å². The van der Waals surface area contributed by atoms with Crippen LogP contribution in [0.3, 0.4) is 0 Å². The molecule has 2 fully saturated rings. The van der Waals surface area contributed by atoms with E-state index in [-0.39, 0.29) is 0 Å². The number of para-hydroxylation sites is 1. The summed E-state index contributed by atoms with van der Waals surface area (Å²) >= 11 is 2.03. The fourth-order valence-electron chi connectivity index (χ4n) is 3.00. The Labute approximate surface area is 125 Å². The molecule has 2 saturated heterocycles. The molecular formula is C16H23NO2S. The molecule has 2 aliphatic heterocycles. The summed E-state index contributed by atoms with van der Waals surface area (Å²) in [6, 6.07) is 6.67. The van der Waals surface area contributed by atoms with Gasteiger partial charge in [-0.1, -0.05) is 12.1 Å². The molecule has 0 bridgehead atoms. The van der Waals surface area contributed by atoms with Gasteiger partial charge in [0.1, 0.15) is 6.10 Å². The second kappa shape index (κ2) is 6.72. The van der Waals surface area contributed by atoms with E-state index < -0.39 is 0 Å². The minimum Gasteiger partial charge on any atom is -0.493 e. The van der Waals surface area contributed by atoms with Gasteiger partial charge in [-0.05, 0) is 49.8 Å². The van der Waals surface area contributed by atoms with Crippen LogP contribution in [0.5, 0.6) is 11.5 Å². The molecule has 3 rings (SSSR count). The highest BCUT2D eigenvalue weighted by atomic mass is 32.2. The van der Waals surface area contributed by atoms with Gasteiger partial charge in [0.05, 0.1) is 7.11 Å². The minimum absolute atomic E-state index is 0.340. The van der Waals surface area contributed by atoms with E-state index in [9.17, 15) is 0 Å². The van der Waals surface area contributed by atoms with Gasteiger partial charge in [0.25, 0.3) is 0 Å². The number of rotatable bonds is 4. The van der Waals surface area contributed by atoms with Crippen molar-refractivity contribution in [2.24, 2.45) is 0 Å². The van der Waals surface area contributed by atoms with Crippen molar-refractivity contribution in [2.45, 2.75) is 37.8 Å². The summed E-state index contributed by atoms with van der Waals surface area (Å²) in [7, 11) is 1.73. The highest BCUT2D eigenvalue weighted by Gasteiger charge is 2.25. The Morgan fingerprint density at radius 1 is 1.20 bits per heavy atom. The van der Waals surface area contributed by atoms with Crippen LogP contribution in [-0.4, -0.2) is 31.3 Å². The Morgan fingerprint density at radius 3 is 2.75 bits per heavy atom. The van der Waals surface area contributed by atoms with Gasteiger partial charge in [-0.25, -0.2) is 0 Å². The quantitative estimate of drug-likeness (QED) is 0.922. The second-order valence-corrected chi connectivity index (χ2v) is 6.68. The van der Waals surface area contributed by atoms with Crippen LogP contribution >= 0.6 is 11.8 Å². The summed E-state index contributed by atoms with van der Waals surface area (Å²) in [6.45, 7) is 1.10. The molecule has 0 radical (unpaired) electrons. The number of methoxy groups -OCH3 is 1. The number of ether oxygens (including phenoxy) is 2. The largest absolute Gasteiger partial charge is 0.493 e. The molecule has 1 aromatic rings. The third-order valence-electron chi connectivity index (χ3n) is 4.12. The first-order valence-corrected chi connectivity index (χ1v) is 8.68. The van der Waals surface area contributed by atoms with Gasteiger partial charge < -0.3 is 14.8 Å². The van der Waals surface area contributed by atoms with Gasteiger partial charge in [0.15, 0.2) is 11.5 Å². The molecule has 0 amide bonds. The van der Waals surface area contributed by atoms with E-state index in [0.717, 1.165) is 30.9 Å². The van der Waals surface area contributed by atoms with Gasteiger partial charge in [-0.15, -0.1) is 0 Å². The van der Waals surface area contributed by atoms with Crippen LogP contribution < -0.4 is 14.8 Å². The molecule has 2 aliphatic rings. The number of thioether (sulfide) groups is 1. The van der Waals surface area contributed by atoms with Crippen LogP contribution in [0.25, 0.3) is 0 Å². The van der Waals surface area contributed by atoms with Crippen LogP contribution in [0.4, 0.5) is 0 Å². The topological polar surface area (TPSA) is 30.5 Å². The molecule has 1 atom stereocenters. The van der Waals surface area contributed by atoms with Gasteiger partial charge in [0, 0.05) is 11.6 Å². The molecule has 20 heavy (non-hydrogen) atoms. The first-order chi connectivity index (χ1) is 9.88. The van der Waals surface area contributed by atoms with Crippen molar-refractivity contribution in [2.75, 3.05) is 25.2 Å². The zero-order valence-electron chi connectivity index (χ0n) is 12.1. The molecule has 0 aliphatic carbocycles. The lowest BCUT2D eigenvalue weighted by molar-refractivity contribution is 0.181. The van der Waals surface area contributed by atoms with Gasteiger partial charge in [-0.2, -0.15) is 11.8 Å². The molecule has 0 aromatic heterocycles. The maximum Gasteiger partial charge on any atom is 0.166 e. The smallest absolute Gasteiger partial charge is 0.166 e. The minimum atomic E-state index is 0.340. The van der Waals surface area contributed by atoms with E-state index in [2.05, 4.69) is 17.4 Å². The van der Waals surface area contributed by atoms with Crippen molar-refractivity contribution in [1.29, 1.82) is 0 Å². The third kappa shape index (κ3) is 3.07. The predicted molar refractivity (Wildman–Crippen MR) is 83.9 cm³/mol. The van der Waals surface area contributed by atoms with E-state index >= 15 is 0 Å². The van der Waals surface area contributed by atoms with Gasteiger partial charge in [0.2, 0.25) is 0 Å². The molecule has 1 unspecified atom stereocenters. The Hall–Kier alpha value is -0.870. The molecule has 1 aromatic carbocycles. The van der Waals surface area contributed by atoms with Gasteiger partial charge >= 0.3 is 0 Å². The van der Waals surface area contributed by atoms with E-state index in [1.165, 1.54) is 29.9 Å². The van der Waals surface area contributed by atoms with Crippen molar-refractivity contribution in [3.05, 3.63) is 23.8 Å². The van der Waals surface area contributed by atoms with Gasteiger partial charge in [-0.3, -0.25) is 0 Å². The molecular weight excluding hydrogens is 270 g/mol. The van der Waals surface area contributed by atoms with Crippen molar-refractivity contribution >= 4 is 11.8 Å². The predicted octanol–water partition coefficient (Wildman–Crippen LogP) is 3.39. The fraction of sp³-hybridized carbons (Fsp3) is 0.625. The number of nitrogens with one attached hydrogen (secondary N) is 1. The van der Waals surface area contributed by atoms with Crippen molar-refractivity contribution in [3.63, 3.8) is 0 Å². The molecule has 0 saturated carbocycles. The normalized spacial score (nSPS) is 23.8. The molecule has 0 spiro atoms. The van der Waals surface area contributed by atoms with Crippen molar-refractivity contribution in [3.8, 4) is 11.5 Å². The van der Waals surface area contributed by atoms with Crippen LogP contribution in [0.1, 0.15) is 37.3 Å². The van der Waals surface area contributed by atoms with E-state index in [0.29, 0.717) is 12.1 Å². The Balaban J connectivity index is 1.84. The molecule has 110 valence electrons. The molecule has 1 N–H and O–H groups in total. The maximum atomic E-state index is 6.34. The zero-order valence-corrected chi connectivity index (χ0v) is 12.9. The van der Waals surface area contributed by atoms with Crippen LogP contribution in [0.2, 0.25) is 0 Å². The third-order valence-corrected chi connectivity index (χ3v) is 5.17. The summed E-state index contributed by atoms with van der Waals surface area (Å²) in [5, 5.41) is 3.56. The van der Waals surface area contributed by atoms with E-state index in [4.69, 9.17) is 9.47 Å². The van der Waals surface area contributed by atoms with E-state index in [1.807, 2.05) is 17.8 Å². The van der Waals surface area contributed by atoms with Crippen LogP contribution in [0, 0.1) is 0 Å². The molecule has 2 heterocycles. The van der Waals surface area contributed by atoms with Crippen LogP contribution in [-0.2, 0) is 0 Å². The highest BCUT2D eigenvalue weighted by Crippen LogP contribution is 2.39. The average Bonchev–Trinajstić information content (AvgIpc) is 3.02. The SMILES string of the molecule is COc1cccc(C2CCCN2)c1OC1CCSCC1. The summed E-state index contributed by atoms with van der Waals surface area (Å²) in [6.07, 6.45) is 5.04. The monoisotopic (exact) mass is 293 g/mol. The lowest BCUT2D eigenvalue weighted by Crippen LogP contribution is -2.24. The summed E-state index contributed by atoms with van der Waals surface area (Å²) < 4.78 is 11.9. The Kier molecular flexibility index (Phi) is 4.73. The Bertz CT molecular complexity index is 440. The van der Waals surface area contributed by atoms with Crippen LogP contribution in [0.15, 0.2) is 18.2 Å². The lowest BCUT2D eigenvalue weighted by atomic mass is 10.0. The first-order valence-electron chi connectivity index (χ1n) is 7.53. The summed E-state index contributed by atoms with van der Waals surface area (Å²) in [5.74, 6) is 4.24. The molecule has 3 nitrogen and oxygen atoms in total. The average molecular weight is 293 g/mol. The Morgan fingerprint density at radius 2 is 2.05 bits per heavy atom. The second-order valence-electron chi connectivity index (χ2n) is 5.46. The maximum absolute atomic E-state index is 6.34. The summed E-state index contributed by atoms with van der Waals surface area (Å²) in [5.41, 5.74) is 1.26. The number of hydrogen-bond donors (Lipinski definition) is 1. The number of benzene rings is 1.